The number of thioether (sulfide) groups is 1. The maximum atomic E-state index is 5.56. The van der Waals surface area contributed by atoms with Crippen molar-refractivity contribution in [1.82, 2.24) is 39.9 Å². The molecule has 0 spiro atoms. The number of hydrogen-bond acceptors (Lipinski definition) is 7. The second-order valence-corrected chi connectivity index (χ2v) is 8.58. The molecule has 150 valence electrons. The van der Waals surface area contributed by atoms with Gasteiger partial charge in [0.1, 0.15) is 12.0 Å². The molecule has 4 aromatic rings. The summed E-state index contributed by atoms with van der Waals surface area (Å²) in [5, 5.41) is 14.3. The van der Waals surface area contributed by atoms with Gasteiger partial charge in [0.05, 0.1) is 17.9 Å². The second kappa shape index (κ2) is 7.86. The lowest BCUT2D eigenvalue weighted by Crippen LogP contribution is -2.19. The van der Waals surface area contributed by atoms with Crippen LogP contribution >= 0.6 is 11.8 Å². The van der Waals surface area contributed by atoms with Crippen molar-refractivity contribution >= 4 is 28.7 Å². The smallest absolute Gasteiger partial charge is 0.220 e. The van der Waals surface area contributed by atoms with Crippen LogP contribution in [0, 0.1) is 5.92 Å². The fourth-order valence-electron chi connectivity index (χ4n) is 4.11. The Morgan fingerprint density at radius 1 is 1.17 bits per heavy atom. The summed E-state index contributed by atoms with van der Waals surface area (Å²) in [5.74, 6) is 2.18. The van der Waals surface area contributed by atoms with Crippen molar-refractivity contribution < 1.29 is 0 Å². The second-order valence-electron chi connectivity index (χ2n) is 7.50. The van der Waals surface area contributed by atoms with Gasteiger partial charge in [0.15, 0.2) is 5.16 Å². The first kappa shape index (κ1) is 18.2. The Kier molecular flexibility index (Phi) is 4.92. The number of hydrogen-bond donors (Lipinski definition) is 3. The summed E-state index contributed by atoms with van der Waals surface area (Å²) in [6.07, 6.45) is 13.5. The van der Waals surface area contributed by atoms with Gasteiger partial charge in [0, 0.05) is 29.1 Å². The molecule has 4 aromatic heterocycles. The highest BCUT2D eigenvalue weighted by atomic mass is 32.2. The first-order chi connectivity index (χ1) is 14.3. The molecule has 0 saturated heterocycles. The molecule has 0 bridgehead atoms. The van der Waals surface area contributed by atoms with E-state index in [-0.39, 0.29) is 0 Å². The number of anilines is 1. The number of aromatic nitrogens is 8. The molecule has 0 unspecified atom stereocenters. The van der Waals surface area contributed by atoms with Crippen LogP contribution in [-0.4, -0.2) is 45.7 Å². The highest BCUT2D eigenvalue weighted by Crippen LogP contribution is 2.35. The van der Waals surface area contributed by atoms with E-state index < -0.39 is 0 Å². The SMILES string of the molecule is Nc1nnc(SCC[C@H]2CC[C@@H](n3cc(-c4ncnc5[nH]ccc45)cn3)CC2)[nH]1. The molecule has 5 rings (SSSR count). The van der Waals surface area contributed by atoms with Crippen molar-refractivity contribution in [3.63, 3.8) is 0 Å². The van der Waals surface area contributed by atoms with Crippen LogP contribution in [-0.2, 0) is 0 Å². The van der Waals surface area contributed by atoms with E-state index in [1.165, 1.54) is 19.3 Å². The van der Waals surface area contributed by atoms with E-state index in [2.05, 4.69) is 46.1 Å². The fourth-order valence-corrected chi connectivity index (χ4v) is 5.03. The van der Waals surface area contributed by atoms with E-state index in [4.69, 9.17) is 5.73 Å². The zero-order chi connectivity index (χ0) is 19.6. The average Bonchev–Trinajstić information content (AvgIpc) is 3.49. The minimum atomic E-state index is 0.380. The van der Waals surface area contributed by atoms with Crippen LogP contribution in [0.1, 0.15) is 38.1 Å². The number of nitrogen functional groups attached to an aromatic ring is 1. The van der Waals surface area contributed by atoms with Crippen LogP contribution in [0.15, 0.2) is 36.1 Å². The van der Waals surface area contributed by atoms with Crippen LogP contribution in [0.5, 0.6) is 0 Å². The molecule has 0 aliphatic heterocycles. The first-order valence-corrected chi connectivity index (χ1v) is 10.9. The van der Waals surface area contributed by atoms with Gasteiger partial charge in [0.2, 0.25) is 5.95 Å². The molecule has 1 fully saturated rings. The van der Waals surface area contributed by atoms with Gasteiger partial charge < -0.3 is 15.7 Å². The van der Waals surface area contributed by atoms with Crippen molar-refractivity contribution in [1.29, 1.82) is 0 Å². The summed E-state index contributed by atoms with van der Waals surface area (Å²) >= 11 is 1.69. The summed E-state index contributed by atoms with van der Waals surface area (Å²) in [4.78, 5) is 14.8. The monoisotopic (exact) mass is 409 g/mol. The van der Waals surface area contributed by atoms with Crippen molar-refractivity contribution in [3.8, 4) is 11.3 Å². The minimum Gasteiger partial charge on any atom is -0.368 e. The van der Waals surface area contributed by atoms with Gasteiger partial charge in [-0.2, -0.15) is 5.10 Å². The highest BCUT2D eigenvalue weighted by molar-refractivity contribution is 7.99. The van der Waals surface area contributed by atoms with Crippen molar-refractivity contribution in [2.45, 2.75) is 43.3 Å². The van der Waals surface area contributed by atoms with Crippen LogP contribution in [0.2, 0.25) is 0 Å². The third kappa shape index (κ3) is 3.84. The van der Waals surface area contributed by atoms with Gasteiger partial charge in [-0.3, -0.25) is 4.68 Å². The molecule has 10 heteroatoms. The summed E-state index contributed by atoms with van der Waals surface area (Å²) < 4.78 is 2.12. The number of fused-ring (bicyclic) bond motifs is 1. The first-order valence-electron chi connectivity index (χ1n) is 9.90. The van der Waals surface area contributed by atoms with Crippen LogP contribution in [0.3, 0.4) is 0 Å². The van der Waals surface area contributed by atoms with Crippen LogP contribution < -0.4 is 5.73 Å². The van der Waals surface area contributed by atoms with E-state index in [1.54, 1.807) is 18.1 Å². The number of nitrogens with two attached hydrogens (primary N) is 1. The van der Waals surface area contributed by atoms with Crippen molar-refractivity contribution in [3.05, 3.63) is 31.0 Å². The Labute approximate surface area is 171 Å². The lowest BCUT2D eigenvalue weighted by atomic mass is 9.84. The minimum absolute atomic E-state index is 0.380. The maximum absolute atomic E-state index is 5.56. The molecule has 1 aliphatic rings. The standard InChI is InChI=1S/C19H23N9S/c20-18-25-19(27-26-18)29-8-6-12-1-3-14(4-2-12)28-10-13(9-24-28)16-15-5-7-21-17(15)23-11-22-16/h5,7,9-12,14H,1-4,6,8H2,(H,21,22,23)(H3,20,25,26,27)/t12-,14+. The Balaban J connectivity index is 1.17. The Morgan fingerprint density at radius 3 is 2.90 bits per heavy atom. The number of nitrogens with one attached hydrogen (secondary N) is 2. The maximum Gasteiger partial charge on any atom is 0.220 e. The zero-order valence-corrected chi connectivity index (χ0v) is 16.8. The molecule has 0 amide bonds. The van der Waals surface area contributed by atoms with E-state index in [1.807, 2.05) is 18.5 Å². The average molecular weight is 410 g/mol. The predicted molar refractivity (Wildman–Crippen MR) is 112 cm³/mol. The molecule has 1 saturated carbocycles. The molecular formula is C19H23N9S. The summed E-state index contributed by atoms with van der Waals surface area (Å²) in [6, 6.07) is 2.48. The topological polar surface area (TPSA) is 127 Å². The third-order valence-electron chi connectivity index (χ3n) is 5.67. The van der Waals surface area contributed by atoms with Gasteiger partial charge in [-0.15, -0.1) is 10.2 Å². The number of rotatable bonds is 6. The largest absolute Gasteiger partial charge is 0.368 e. The molecule has 4 N–H and O–H groups in total. The van der Waals surface area contributed by atoms with Crippen molar-refractivity contribution in [2.75, 3.05) is 11.5 Å². The van der Waals surface area contributed by atoms with Gasteiger partial charge in [-0.25, -0.2) is 9.97 Å². The lowest BCUT2D eigenvalue weighted by molar-refractivity contribution is 0.257. The van der Waals surface area contributed by atoms with E-state index >= 15 is 0 Å². The van der Waals surface area contributed by atoms with E-state index in [9.17, 15) is 0 Å². The normalized spacial score (nSPS) is 19.7. The Bertz CT molecular complexity index is 1090. The predicted octanol–water partition coefficient (Wildman–Crippen LogP) is 3.44. The molecule has 4 heterocycles. The van der Waals surface area contributed by atoms with Gasteiger partial charge in [-0.1, -0.05) is 11.8 Å². The van der Waals surface area contributed by atoms with Gasteiger partial charge in [-0.05, 0) is 44.1 Å². The Hall–Kier alpha value is -2.88. The molecule has 9 nitrogen and oxygen atoms in total. The van der Waals surface area contributed by atoms with Crippen molar-refractivity contribution in [2.24, 2.45) is 5.92 Å². The number of H-pyrrole nitrogens is 2. The molecule has 0 atom stereocenters. The highest BCUT2D eigenvalue weighted by Gasteiger charge is 2.23. The van der Waals surface area contributed by atoms with E-state index in [0.717, 1.165) is 52.0 Å². The van der Waals surface area contributed by atoms with Gasteiger partial charge >= 0.3 is 0 Å². The fraction of sp³-hybridized carbons (Fsp3) is 0.421. The quantitative estimate of drug-likeness (QED) is 0.416. The number of aromatic amines is 2. The zero-order valence-electron chi connectivity index (χ0n) is 16.0. The van der Waals surface area contributed by atoms with Crippen LogP contribution in [0.4, 0.5) is 5.95 Å². The third-order valence-corrected chi connectivity index (χ3v) is 6.56. The summed E-state index contributed by atoms with van der Waals surface area (Å²) in [7, 11) is 0. The molecule has 0 aromatic carbocycles. The summed E-state index contributed by atoms with van der Waals surface area (Å²) in [5.41, 5.74) is 8.40. The molecular weight excluding hydrogens is 386 g/mol. The van der Waals surface area contributed by atoms with Gasteiger partial charge in [0.25, 0.3) is 0 Å². The number of nitrogens with zero attached hydrogens (tertiary/aromatic N) is 6. The summed E-state index contributed by atoms with van der Waals surface area (Å²) in [6.45, 7) is 0. The lowest BCUT2D eigenvalue weighted by Gasteiger charge is -2.28. The van der Waals surface area contributed by atoms with E-state index in [0.29, 0.717) is 12.0 Å². The Morgan fingerprint density at radius 2 is 2.07 bits per heavy atom. The molecule has 1 aliphatic carbocycles. The molecule has 29 heavy (non-hydrogen) atoms. The van der Waals surface area contributed by atoms with Crippen LogP contribution in [0.25, 0.3) is 22.3 Å². The molecule has 0 radical (unpaired) electrons.